The van der Waals surface area contributed by atoms with Crippen LogP contribution in [0, 0.1) is 0 Å². The van der Waals surface area contributed by atoms with Crippen LogP contribution in [-0.2, 0) is 0 Å². The van der Waals surface area contributed by atoms with Crippen molar-refractivity contribution in [1.82, 2.24) is 15.0 Å². The summed E-state index contributed by atoms with van der Waals surface area (Å²) in [5.74, 6) is -0.655. The third-order valence-corrected chi connectivity index (χ3v) is 3.61. The summed E-state index contributed by atoms with van der Waals surface area (Å²) in [6, 6.07) is 15.3. The Morgan fingerprint density at radius 2 is 1.21 bits per heavy atom. The highest BCUT2D eigenvalue weighted by atomic mass is 16.3. The number of carbonyl (C=O) groups is 2. The van der Waals surface area contributed by atoms with Gasteiger partial charge < -0.3 is 8.83 Å². The maximum Gasteiger partial charge on any atom is 0.293 e. The molecule has 1 aromatic carbocycles. The zero-order valence-corrected chi connectivity index (χ0v) is 14.3. The van der Waals surface area contributed by atoms with Gasteiger partial charge in [-0.2, -0.15) is 15.0 Å². The molecule has 9 nitrogen and oxygen atoms in total. The van der Waals surface area contributed by atoms with Crippen molar-refractivity contribution in [1.29, 1.82) is 0 Å². The third-order valence-electron chi connectivity index (χ3n) is 3.61. The molecule has 138 valence electrons. The summed E-state index contributed by atoms with van der Waals surface area (Å²) in [4.78, 5) is 37.1. The van der Waals surface area contributed by atoms with E-state index in [1.807, 2.05) is 18.2 Å². The van der Waals surface area contributed by atoms with E-state index in [-0.39, 0.29) is 29.2 Å². The Bertz CT molecular complexity index is 1030. The standard InChI is InChI=1S/C19H13N5O4/c25-16(13-8-4-10-27-13)22-18-20-15(12-6-2-1-3-7-12)21-19(24-18)23-17(26)14-9-5-11-28-14/h1-11H,(H2,20,21,22,23,24,25,26). The fraction of sp³-hybridized carbons (Fsp3) is 0. The van der Waals surface area contributed by atoms with Crippen molar-refractivity contribution >= 4 is 23.7 Å². The Kier molecular flexibility index (Phi) is 4.62. The number of nitrogens with zero attached hydrogens (tertiary/aromatic N) is 3. The topological polar surface area (TPSA) is 123 Å². The first-order chi connectivity index (χ1) is 13.7. The van der Waals surface area contributed by atoms with Crippen molar-refractivity contribution in [3.8, 4) is 11.4 Å². The summed E-state index contributed by atoms with van der Waals surface area (Å²) in [6.45, 7) is 0. The van der Waals surface area contributed by atoms with Gasteiger partial charge in [-0.3, -0.25) is 20.2 Å². The lowest BCUT2D eigenvalue weighted by atomic mass is 10.2. The van der Waals surface area contributed by atoms with E-state index in [4.69, 9.17) is 8.83 Å². The van der Waals surface area contributed by atoms with Gasteiger partial charge in [0.2, 0.25) is 11.9 Å². The number of aromatic nitrogens is 3. The minimum atomic E-state index is -0.529. The summed E-state index contributed by atoms with van der Waals surface area (Å²) in [6.07, 6.45) is 2.76. The SMILES string of the molecule is O=C(Nc1nc(NC(=O)c2ccco2)nc(-c2ccccc2)n1)c1ccco1. The van der Waals surface area contributed by atoms with Crippen LogP contribution in [0.4, 0.5) is 11.9 Å². The van der Waals surface area contributed by atoms with Gasteiger partial charge in [-0.1, -0.05) is 30.3 Å². The van der Waals surface area contributed by atoms with Gasteiger partial charge in [0.15, 0.2) is 17.3 Å². The molecule has 0 saturated carbocycles. The molecule has 0 radical (unpaired) electrons. The zero-order chi connectivity index (χ0) is 19.3. The molecule has 0 saturated heterocycles. The average molecular weight is 375 g/mol. The number of amides is 2. The molecule has 2 amide bonds. The molecular formula is C19H13N5O4. The van der Waals surface area contributed by atoms with E-state index >= 15 is 0 Å². The molecular weight excluding hydrogens is 362 g/mol. The molecule has 0 aliphatic rings. The minimum absolute atomic E-state index is 0.0370. The summed E-state index contributed by atoms with van der Waals surface area (Å²) in [5, 5.41) is 5.07. The molecule has 0 spiro atoms. The average Bonchev–Trinajstić information content (AvgIpc) is 3.42. The molecule has 0 atom stereocenters. The highest BCUT2D eigenvalue weighted by Gasteiger charge is 2.16. The number of hydrogen-bond acceptors (Lipinski definition) is 7. The molecule has 3 heterocycles. The van der Waals surface area contributed by atoms with Crippen molar-refractivity contribution in [2.45, 2.75) is 0 Å². The minimum Gasteiger partial charge on any atom is -0.459 e. The van der Waals surface area contributed by atoms with Gasteiger partial charge >= 0.3 is 0 Å². The van der Waals surface area contributed by atoms with Crippen LogP contribution in [-0.4, -0.2) is 26.8 Å². The molecule has 0 aliphatic heterocycles. The van der Waals surface area contributed by atoms with Crippen LogP contribution in [0.1, 0.15) is 21.1 Å². The van der Waals surface area contributed by atoms with E-state index in [0.717, 1.165) is 0 Å². The number of hydrogen-bond donors (Lipinski definition) is 2. The summed E-state index contributed by atoms with van der Waals surface area (Å²) in [5.41, 5.74) is 0.687. The first kappa shape index (κ1) is 17.2. The van der Waals surface area contributed by atoms with Gasteiger partial charge in [-0.25, -0.2) is 0 Å². The number of benzene rings is 1. The first-order valence-electron chi connectivity index (χ1n) is 8.20. The smallest absolute Gasteiger partial charge is 0.293 e. The predicted octanol–water partition coefficient (Wildman–Crippen LogP) is 3.23. The number of rotatable bonds is 5. The normalized spacial score (nSPS) is 10.4. The van der Waals surface area contributed by atoms with Crippen molar-refractivity contribution in [3.63, 3.8) is 0 Å². The van der Waals surface area contributed by atoms with Crippen LogP contribution in [0.3, 0.4) is 0 Å². The second-order valence-corrected chi connectivity index (χ2v) is 5.54. The van der Waals surface area contributed by atoms with Crippen LogP contribution >= 0.6 is 0 Å². The number of furan rings is 2. The number of nitrogens with one attached hydrogen (secondary N) is 2. The molecule has 0 fully saturated rings. The Hall–Kier alpha value is -4.27. The number of carbonyl (C=O) groups excluding carboxylic acids is 2. The predicted molar refractivity (Wildman–Crippen MR) is 98.6 cm³/mol. The molecule has 0 bridgehead atoms. The summed E-state index contributed by atoms with van der Waals surface area (Å²) < 4.78 is 10.1. The van der Waals surface area contributed by atoms with Crippen molar-refractivity contribution in [2.24, 2.45) is 0 Å². The zero-order valence-electron chi connectivity index (χ0n) is 14.3. The monoisotopic (exact) mass is 375 g/mol. The lowest BCUT2D eigenvalue weighted by Crippen LogP contribution is -2.18. The molecule has 4 rings (SSSR count). The largest absolute Gasteiger partial charge is 0.459 e. The quantitative estimate of drug-likeness (QED) is 0.549. The molecule has 4 aromatic rings. The van der Waals surface area contributed by atoms with E-state index < -0.39 is 11.8 Å². The molecule has 0 aliphatic carbocycles. The maximum absolute atomic E-state index is 12.2. The van der Waals surface area contributed by atoms with Crippen LogP contribution in [0.25, 0.3) is 11.4 Å². The fourth-order valence-corrected chi connectivity index (χ4v) is 2.35. The van der Waals surface area contributed by atoms with E-state index in [2.05, 4.69) is 25.6 Å². The van der Waals surface area contributed by atoms with Crippen LogP contribution in [0.2, 0.25) is 0 Å². The fourth-order valence-electron chi connectivity index (χ4n) is 2.35. The van der Waals surface area contributed by atoms with Crippen LogP contribution in [0.15, 0.2) is 76.0 Å². The Morgan fingerprint density at radius 3 is 1.68 bits per heavy atom. The second kappa shape index (κ2) is 7.54. The lowest BCUT2D eigenvalue weighted by molar-refractivity contribution is 0.0989. The van der Waals surface area contributed by atoms with Gasteiger partial charge in [-0.15, -0.1) is 0 Å². The Labute approximate surface area is 158 Å². The van der Waals surface area contributed by atoms with Gasteiger partial charge in [0, 0.05) is 5.56 Å². The van der Waals surface area contributed by atoms with Crippen LogP contribution in [0.5, 0.6) is 0 Å². The highest BCUT2D eigenvalue weighted by molar-refractivity contribution is 6.02. The van der Waals surface area contributed by atoms with E-state index in [9.17, 15) is 9.59 Å². The van der Waals surface area contributed by atoms with Gasteiger partial charge in [0.05, 0.1) is 12.5 Å². The molecule has 2 N–H and O–H groups in total. The lowest BCUT2D eigenvalue weighted by Gasteiger charge is -2.08. The number of anilines is 2. The van der Waals surface area contributed by atoms with E-state index in [1.54, 1.807) is 24.3 Å². The highest BCUT2D eigenvalue weighted by Crippen LogP contribution is 2.18. The molecule has 28 heavy (non-hydrogen) atoms. The van der Waals surface area contributed by atoms with Crippen LogP contribution < -0.4 is 10.6 Å². The first-order valence-corrected chi connectivity index (χ1v) is 8.20. The summed E-state index contributed by atoms with van der Waals surface area (Å²) in [7, 11) is 0. The Morgan fingerprint density at radius 1 is 0.679 bits per heavy atom. The molecule has 0 unspecified atom stereocenters. The van der Waals surface area contributed by atoms with Gasteiger partial charge in [0.1, 0.15) is 0 Å². The third kappa shape index (κ3) is 3.78. The van der Waals surface area contributed by atoms with Crippen molar-refractivity contribution in [3.05, 3.63) is 78.6 Å². The summed E-state index contributed by atoms with van der Waals surface area (Å²) >= 11 is 0. The van der Waals surface area contributed by atoms with Crippen molar-refractivity contribution in [2.75, 3.05) is 10.6 Å². The maximum atomic E-state index is 12.2. The molecule has 3 aromatic heterocycles. The van der Waals surface area contributed by atoms with E-state index in [1.165, 1.54) is 24.7 Å². The van der Waals surface area contributed by atoms with Gasteiger partial charge in [0.25, 0.3) is 11.8 Å². The second-order valence-electron chi connectivity index (χ2n) is 5.54. The van der Waals surface area contributed by atoms with Crippen molar-refractivity contribution < 1.29 is 18.4 Å². The van der Waals surface area contributed by atoms with E-state index in [0.29, 0.717) is 5.56 Å². The molecule has 9 heteroatoms. The Balaban J connectivity index is 1.66. The van der Waals surface area contributed by atoms with Gasteiger partial charge in [-0.05, 0) is 24.3 Å².